The Morgan fingerprint density at radius 1 is 1.22 bits per heavy atom. The van der Waals surface area contributed by atoms with E-state index in [9.17, 15) is 0 Å². The molecule has 0 saturated carbocycles. The van der Waals surface area contributed by atoms with Crippen molar-refractivity contribution in [2.45, 2.75) is 58.4 Å². The molecule has 1 aromatic rings. The molecule has 0 spiro atoms. The van der Waals surface area contributed by atoms with E-state index in [0.717, 1.165) is 28.1 Å². The number of nitrogens with zero attached hydrogens (tertiary/aromatic N) is 2. The second kappa shape index (κ2) is 6.25. The van der Waals surface area contributed by atoms with Gasteiger partial charge in [0.05, 0.1) is 0 Å². The van der Waals surface area contributed by atoms with Crippen LogP contribution in [0.2, 0.25) is 5.15 Å². The molecule has 4 heteroatoms. The maximum Gasteiger partial charge on any atom is 0.136 e. The van der Waals surface area contributed by atoms with Crippen molar-refractivity contribution in [1.82, 2.24) is 9.97 Å². The van der Waals surface area contributed by atoms with Crippen LogP contribution in [-0.4, -0.2) is 15.7 Å². The predicted octanol–water partition coefficient (Wildman–Crippen LogP) is 4.87. The second-order valence-corrected chi connectivity index (χ2v) is 7.49. The summed E-state index contributed by atoms with van der Waals surface area (Å²) in [5, 5.41) is 1.61. The molecule has 0 fully saturated rings. The fourth-order valence-electron chi connectivity index (χ4n) is 1.34. The summed E-state index contributed by atoms with van der Waals surface area (Å²) in [7, 11) is 0. The molecule has 1 aromatic heterocycles. The maximum absolute atomic E-state index is 6.20. The fourth-order valence-corrected chi connectivity index (χ4v) is 2.81. The highest BCUT2D eigenvalue weighted by Gasteiger charge is 2.20. The van der Waals surface area contributed by atoms with Crippen LogP contribution < -0.4 is 0 Å². The van der Waals surface area contributed by atoms with Crippen LogP contribution in [0.5, 0.6) is 0 Å². The molecular weight excluding hydrogens is 264 g/mol. The summed E-state index contributed by atoms with van der Waals surface area (Å²) in [6.45, 7) is 12.8. The predicted molar refractivity (Wildman–Crippen MR) is 80.7 cm³/mol. The van der Waals surface area contributed by atoms with Crippen LogP contribution in [0.4, 0.5) is 0 Å². The molecule has 0 atom stereocenters. The third-order valence-corrected chi connectivity index (χ3v) is 4.13. The van der Waals surface area contributed by atoms with Gasteiger partial charge in [0, 0.05) is 11.0 Å². The third kappa shape index (κ3) is 4.43. The first kappa shape index (κ1) is 15.8. The van der Waals surface area contributed by atoms with Crippen molar-refractivity contribution in [3.63, 3.8) is 0 Å². The van der Waals surface area contributed by atoms with Gasteiger partial charge in [-0.2, -0.15) is 0 Å². The Morgan fingerprint density at radius 3 is 2.33 bits per heavy atom. The Kier molecular flexibility index (Phi) is 5.47. The van der Waals surface area contributed by atoms with E-state index in [4.69, 9.17) is 11.6 Å². The minimum atomic E-state index is -0.0648. The van der Waals surface area contributed by atoms with Crippen LogP contribution in [-0.2, 0) is 5.41 Å². The van der Waals surface area contributed by atoms with Gasteiger partial charge in [0.25, 0.3) is 0 Å². The first-order chi connectivity index (χ1) is 8.21. The van der Waals surface area contributed by atoms with E-state index in [1.54, 1.807) is 11.8 Å². The number of rotatable bonds is 4. The van der Waals surface area contributed by atoms with Gasteiger partial charge in [0.1, 0.15) is 16.0 Å². The number of aromatic nitrogens is 2. The van der Waals surface area contributed by atoms with Crippen molar-refractivity contribution < 1.29 is 0 Å². The van der Waals surface area contributed by atoms with Gasteiger partial charge in [-0.05, 0) is 25.0 Å². The summed E-state index contributed by atoms with van der Waals surface area (Å²) in [5.41, 5.74) is 0.934. The lowest BCUT2D eigenvalue weighted by Gasteiger charge is -2.18. The zero-order chi connectivity index (χ0) is 13.9. The average Bonchev–Trinajstić information content (AvgIpc) is 2.22. The van der Waals surface area contributed by atoms with E-state index in [1.807, 2.05) is 6.92 Å². The zero-order valence-corrected chi connectivity index (χ0v) is 13.7. The van der Waals surface area contributed by atoms with Crippen molar-refractivity contribution in [2.75, 3.05) is 5.75 Å². The summed E-state index contributed by atoms with van der Waals surface area (Å²) in [4.78, 5) is 9.06. The first-order valence-corrected chi connectivity index (χ1v) is 7.75. The molecule has 2 nitrogen and oxygen atoms in total. The molecule has 0 bridgehead atoms. The Morgan fingerprint density at radius 2 is 1.83 bits per heavy atom. The summed E-state index contributed by atoms with van der Waals surface area (Å²) in [6.07, 6.45) is 1.19. The Hall–Kier alpha value is -0.280. The Bertz CT molecular complexity index is 411. The van der Waals surface area contributed by atoms with E-state index in [2.05, 4.69) is 44.6 Å². The molecule has 0 radical (unpaired) electrons. The van der Waals surface area contributed by atoms with Crippen LogP contribution in [0.25, 0.3) is 0 Å². The van der Waals surface area contributed by atoms with Gasteiger partial charge in [-0.1, -0.05) is 46.2 Å². The lowest BCUT2D eigenvalue weighted by atomic mass is 9.96. The quantitative estimate of drug-likeness (QED) is 0.583. The molecule has 0 amide bonds. The van der Waals surface area contributed by atoms with E-state index in [0.29, 0.717) is 5.15 Å². The van der Waals surface area contributed by atoms with Crippen molar-refractivity contribution in [1.29, 1.82) is 0 Å². The van der Waals surface area contributed by atoms with Crippen LogP contribution >= 0.6 is 23.4 Å². The number of thioether (sulfide) groups is 1. The molecule has 0 aromatic carbocycles. The van der Waals surface area contributed by atoms with Gasteiger partial charge in [0.15, 0.2) is 0 Å². The molecule has 18 heavy (non-hydrogen) atoms. The standard InChI is InChI=1S/C14H23ClN2S/c1-9(2)7-8-18-12-10(3)11(15)16-13(17-12)14(4,5)6/h9H,7-8H2,1-6H3. The van der Waals surface area contributed by atoms with Gasteiger partial charge in [-0.25, -0.2) is 9.97 Å². The van der Waals surface area contributed by atoms with E-state index >= 15 is 0 Å². The van der Waals surface area contributed by atoms with E-state index < -0.39 is 0 Å². The topological polar surface area (TPSA) is 25.8 Å². The molecule has 1 rings (SSSR count). The molecule has 0 N–H and O–H groups in total. The SMILES string of the molecule is Cc1c(Cl)nc(C(C)(C)C)nc1SCCC(C)C. The van der Waals surface area contributed by atoms with Gasteiger partial charge >= 0.3 is 0 Å². The lowest BCUT2D eigenvalue weighted by Crippen LogP contribution is -2.17. The van der Waals surface area contributed by atoms with E-state index in [1.165, 1.54) is 6.42 Å². The lowest BCUT2D eigenvalue weighted by molar-refractivity contribution is 0.537. The van der Waals surface area contributed by atoms with Crippen LogP contribution in [0.15, 0.2) is 5.03 Å². The van der Waals surface area contributed by atoms with Gasteiger partial charge in [-0.3, -0.25) is 0 Å². The third-order valence-electron chi connectivity index (χ3n) is 2.65. The number of hydrogen-bond donors (Lipinski definition) is 0. The monoisotopic (exact) mass is 286 g/mol. The largest absolute Gasteiger partial charge is 0.226 e. The van der Waals surface area contributed by atoms with Gasteiger partial charge in [-0.15, -0.1) is 11.8 Å². The van der Waals surface area contributed by atoms with Crippen molar-refractivity contribution in [3.05, 3.63) is 16.5 Å². The Balaban J connectivity index is 2.93. The number of hydrogen-bond acceptors (Lipinski definition) is 3. The molecule has 0 aliphatic heterocycles. The molecule has 1 heterocycles. The molecule has 0 aliphatic carbocycles. The van der Waals surface area contributed by atoms with Crippen LogP contribution in [0, 0.1) is 12.8 Å². The molecule has 0 saturated heterocycles. The van der Waals surface area contributed by atoms with Crippen molar-refractivity contribution in [3.8, 4) is 0 Å². The summed E-state index contributed by atoms with van der Waals surface area (Å²) in [5.74, 6) is 2.62. The van der Waals surface area contributed by atoms with Crippen molar-refractivity contribution >= 4 is 23.4 Å². The highest BCUT2D eigenvalue weighted by Crippen LogP contribution is 2.29. The van der Waals surface area contributed by atoms with E-state index in [-0.39, 0.29) is 5.41 Å². The summed E-state index contributed by atoms with van der Waals surface area (Å²) in [6, 6.07) is 0. The maximum atomic E-state index is 6.20. The van der Waals surface area contributed by atoms with Crippen molar-refractivity contribution in [2.24, 2.45) is 5.92 Å². The zero-order valence-electron chi connectivity index (χ0n) is 12.2. The molecule has 102 valence electrons. The first-order valence-electron chi connectivity index (χ1n) is 6.39. The second-order valence-electron chi connectivity index (χ2n) is 6.05. The minimum Gasteiger partial charge on any atom is -0.226 e. The van der Waals surface area contributed by atoms with Gasteiger partial charge in [0.2, 0.25) is 0 Å². The Labute approximate surface area is 120 Å². The van der Waals surface area contributed by atoms with Crippen LogP contribution in [0.1, 0.15) is 52.4 Å². The number of halogens is 1. The minimum absolute atomic E-state index is 0.0648. The summed E-state index contributed by atoms with van der Waals surface area (Å²) >= 11 is 7.99. The molecule has 0 unspecified atom stereocenters. The fraction of sp³-hybridized carbons (Fsp3) is 0.714. The summed E-state index contributed by atoms with van der Waals surface area (Å²) < 4.78 is 0. The molecular formula is C14H23ClN2S. The average molecular weight is 287 g/mol. The highest BCUT2D eigenvalue weighted by atomic mass is 35.5. The molecule has 0 aliphatic rings. The van der Waals surface area contributed by atoms with Crippen LogP contribution in [0.3, 0.4) is 0 Å². The highest BCUT2D eigenvalue weighted by molar-refractivity contribution is 7.99. The van der Waals surface area contributed by atoms with Gasteiger partial charge < -0.3 is 0 Å². The normalized spacial score (nSPS) is 12.2. The smallest absolute Gasteiger partial charge is 0.136 e.